The Bertz CT molecular complexity index is 750. The minimum absolute atomic E-state index is 0.336. The molecule has 0 spiro atoms. The highest BCUT2D eigenvalue weighted by atomic mass is 32.2. The summed E-state index contributed by atoms with van der Waals surface area (Å²) in [6.45, 7) is 0. The van der Waals surface area contributed by atoms with E-state index in [1.165, 1.54) is 11.4 Å². The Morgan fingerprint density at radius 3 is 2.59 bits per heavy atom. The average molecular weight is 263 g/mol. The van der Waals surface area contributed by atoms with Crippen LogP contribution in [0.5, 0.6) is 0 Å². The van der Waals surface area contributed by atoms with Crippen LogP contribution in [0.2, 0.25) is 0 Å². The number of benzene rings is 2. The summed E-state index contributed by atoms with van der Waals surface area (Å²) in [5, 5.41) is 1.64. The van der Waals surface area contributed by atoms with Crippen molar-refractivity contribution in [2.24, 2.45) is 0 Å². The molecule has 86 valence electrons. The lowest BCUT2D eigenvalue weighted by atomic mass is 10.1. The molecule has 3 nitrogen and oxygen atoms in total. The second kappa shape index (κ2) is 3.27. The fraction of sp³-hybridized carbons (Fsp3) is 0.0833. The van der Waals surface area contributed by atoms with Crippen LogP contribution >= 0.6 is 12.2 Å². The Labute approximate surface area is 105 Å². The van der Waals surface area contributed by atoms with Gasteiger partial charge in [0, 0.05) is 18.0 Å². The van der Waals surface area contributed by atoms with Crippen LogP contribution in [0.3, 0.4) is 0 Å². The van der Waals surface area contributed by atoms with Gasteiger partial charge in [0.05, 0.1) is 0 Å². The molecular formula is C12H9NO2S2. The van der Waals surface area contributed by atoms with Crippen LogP contribution in [0.25, 0.3) is 10.8 Å². The summed E-state index contributed by atoms with van der Waals surface area (Å²) in [6, 6.07) is 11.1. The van der Waals surface area contributed by atoms with E-state index in [0.717, 1.165) is 10.8 Å². The van der Waals surface area contributed by atoms with Crippen molar-refractivity contribution in [3.63, 3.8) is 0 Å². The first-order chi connectivity index (χ1) is 8.03. The van der Waals surface area contributed by atoms with Crippen LogP contribution in [-0.4, -0.2) is 24.8 Å². The Hall–Kier alpha value is -1.46. The van der Waals surface area contributed by atoms with E-state index in [0.29, 0.717) is 15.4 Å². The summed E-state index contributed by atoms with van der Waals surface area (Å²) in [4.78, 5) is 0.703. The molecule has 0 bridgehead atoms. The molecule has 17 heavy (non-hydrogen) atoms. The van der Waals surface area contributed by atoms with Crippen molar-refractivity contribution >= 4 is 38.0 Å². The van der Waals surface area contributed by atoms with Gasteiger partial charge < -0.3 is 0 Å². The molecule has 0 fully saturated rings. The molecule has 0 N–H and O–H groups in total. The summed E-state index contributed by atoms with van der Waals surface area (Å²) >= 11 is 5.16. The highest BCUT2D eigenvalue weighted by molar-refractivity contribution is 7.93. The summed E-state index contributed by atoms with van der Waals surface area (Å²) in [6.07, 6.45) is 0. The van der Waals surface area contributed by atoms with E-state index in [4.69, 9.17) is 12.2 Å². The van der Waals surface area contributed by atoms with Gasteiger partial charge in [-0.05, 0) is 11.5 Å². The van der Waals surface area contributed by atoms with Crippen molar-refractivity contribution in [2.45, 2.75) is 4.90 Å². The van der Waals surface area contributed by atoms with Gasteiger partial charge in [-0.3, -0.25) is 4.31 Å². The first-order valence-electron chi connectivity index (χ1n) is 5.08. The maximum atomic E-state index is 12.2. The normalized spacial score (nSPS) is 17.5. The van der Waals surface area contributed by atoms with Gasteiger partial charge in [0.25, 0.3) is 10.0 Å². The topological polar surface area (TPSA) is 37.4 Å². The summed E-state index contributed by atoms with van der Waals surface area (Å²) in [5.74, 6) is 0. The fourth-order valence-corrected chi connectivity index (χ4v) is 4.13. The molecule has 1 aliphatic rings. The van der Waals surface area contributed by atoms with Crippen LogP contribution in [0, 0.1) is 0 Å². The number of thiocarbonyl (C=S) groups is 1. The summed E-state index contributed by atoms with van der Waals surface area (Å²) in [5.41, 5.74) is 0.626. The number of fused-ring (bicyclic) bond motifs is 3. The Balaban J connectivity index is 2.55. The SMILES string of the molecule is CN1C(=S)c2ccc3ccccc3c2S1(=O)=O. The predicted octanol–water partition coefficient (Wildman–Crippen LogP) is 2.15. The molecular weight excluding hydrogens is 254 g/mol. The lowest BCUT2D eigenvalue weighted by Gasteiger charge is -2.08. The van der Waals surface area contributed by atoms with Crippen LogP contribution in [-0.2, 0) is 10.0 Å². The van der Waals surface area contributed by atoms with E-state index >= 15 is 0 Å². The van der Waals surface area contributed by atoms with Gasteiger partial charge in [-0.1, -0.05) is 42.5 Å². The van der Waals surface area contributed by atoms with Gasteiger partial charge in [-0.2, -0.15) is 0 Å². The largest absolute Gasteiger partial charge is 0.266 e. The van der Waals surface area contributed by atoms with Gasteiger partial charge in [-0.15, -0.1) is 0 Å². The average Bonchev–Trinajstić information content (AvgIpc) is 2.51. The highest BCUT2D eigenvalue weighted by Gasteiger charge is 2.36. The molecule has 0 amide bonds. The Morgan fingerprint density at radius 1 is 1.12 bits per heavy atom. The lowest BCUT2D eigenvalue weighted by molar-refractivity contribution is 0.561. The van der Waals surface area contributed by atoms with Crippen molar-refractivity contribution in [1.29, 1.82) is 0 Å². The van der Waals surface area contributed by atoms with Gasteiger partial charge in [0.15, 0.2) is 0 Å². The molecule has 0 atom stereocenters. The molecule has 1 heterocycles. The lowest BCUT2D eigenvalue weighted by Crippen LogP contribution is -2.24. The van der Waals surface area contributed by atoms with E-state index in [1.807, 2.05) is 30.3 Å². The van der Waals surface area contributed by atoms with E-state index < -0.39 is 10.0 Å². The van der Waals surface area contributed by atoms with E-state index in [2.05, 4.69) is 0 Å². The van der Waals surface area contributed by atoms with Gasteiger partial charge in [0.2, 0.25) is 0 Å². The number of hydrogen-bond donors (Lipinski definition) is 0. The smallest absolute Gasteiger partial charge is 0.259 e. The molecule has 3 rings (SSSR count). The van der Waals surface area contributed by atoms with Crippen molar-refractivity contribution in [3.8, 4) is 0 Å². The summed E-state index contributed by atoms with van der Waals surface area (Å²) in [7, 11) is -1.98. The van der Waals surface area contributed by atoms with Gasteiger partial charge in [-0.25, -0.2) is 8.42 Å². The Kier molecular flexibility index (Phi) is 2.06. The monoisotopic (exact) mass is 263 g/mol. The molecule has 0 unspecified atom stereocenters. The van der Waals surface area contributed by atoms with Gasteiger partial charge in [0.1, 0.15) is 9.88 Å². The predicted molar refractivity (Wildman–Crippen MR) is 70.6 cm³/mol. The van der Waals surface area contributed by atoms with E-state index in [-0.39, 0.29) is 0 Å². The number of nitrogens with zero attached hydrogens (tertiary/aromatic N) is 1. The molecule has 1 aliphatic heterocycles. The zero-order valence-corrected chi connectivity index (χ0v) is 10.7. The van der Waals surface area contributed by atoms with Crippen LogP contribution < -0.4 is 0 Å². The van der Waals surface area contributed by atoms with Crippen LogP contribution in [0.1, 0.15) is 5.56 Å². The fourth-order valence-electron chi connectivity index (χ4n) is 2.11. The van der Waals surface area contributed by atoms with Crippen molar-refractivity contribution < 1.29 is 8.42 Å². The minimum Gasteiger partial charge on any atom is -0.259 e. The molecule has 0 radical (unpaired) electrons. The van der Waals surface area contributed by atoms with E-state index in [9.17, 15) is 8.42 Å². The highest BCUT2D eigenvalue weighted by Crippen LogP contribution is 2.35. The standard InChI is InChI=1S/C12H9NO2S2/c1-13-12(16)10-7-6-8-4-2-3-5-9(8)11(10)17(13,14)15/h2-7H,1H3. The molecule has 5 heteroatoms. The number of sulfonamides is 1. The van der Waals surface area contributed by atoms with Crippen molar-refractivity contribution in [3.05, 3.63) is 42.0 Å². The number of rotatable bonds is 0. The molecule has 0 saturated heterocycles. The van der Waals surface area contributed by atoms with Gasteiger partial charge >= 0.3 is 0 Å². The second-order valence-corrected chi connectivity index (χ2v) is 6.23. The Morgan fingerprint density at radius 2 is 1.82 bits per heavy atom. The van der Waals surface area contributed by atoms with E-state index in [1.54, 1.807) is 6.07 Å². The third kappa shape index (κ3) is 1.26. The molecule has 2 aromatic rings. The maximum absolute atomic E-state index is 12.2. The first-order valence-corrected chi connectivity index (χ1v) is 6.93. The zero-order valence-electron chi connectivity index (χ0n) is 9.04. The molecule has 0 aliphatic carbocycles. The minimum atomic E-state index is -3.47. The van der Waals surface area contributed by atoms with Crippen molar-refractivity contribution in [1.82, 2.24) is 4.31 Å². The quantitative estimate of drug-likeness (QED) is 0.683. The molecule has 2 aromatic carbocycles. The summed E-state index contributed by atoms with van der Waals surface area (Å²) < 4.78 is 25.7. The number of hydrogen-bond acceptors (Lipinski definition) is 3. The third-order valence-corrected chi connectivity index (χ3v) is 5.48. The third-order valence-electron chi connectivity index (χ3n) is 3.01. The first kappa shape index (κ1) is 10.7. The second-order valence-electron chi connectivity index (χ2n) is 3.94. The van der Waals surface area contributed by atoms with Crippen molar-refractivity contribution in [2.75, 3.05) is 7.05 Å². The van der Waals surface area contributed by atoms with Crippen LogP contribution in [0.15, 0.2) is 41.3 Å². The maximum Gasteiger partial charge on any atom is 0.266 e. The molecule has 0 saturated carbocycles. The molecule has 0 aromatic heterocycles. The zero-order chi connectivity index (χ0) is 12.2. The van der Waals surface area contributed by atoms with Crippen LogP contribution in [0.4, 0.5) is 0 Å².